The van der Waals surface area contributed by atoms with Crippen LogP contribution in [-0.4, -0.2) is 29.6 Å². The Morgan fingerprint density at radius 1 is 1.09 bits per heavy atom. The third-order valence-corrected chi connectivity index (χ3v) is 3.36. The molecule has 0 amide bonds. The largest absolute Gasteiger partial charge is 0.375 e. The van der Waals surface area contributed by atoms with E-state index in [1.54, 1.807) is 44.2 Å². The van der Waals surface area contributed by atoms with Crippen LogP contribution in [0, 0.1) is 5.95 Å². The number of aromatic nitrogens is 1. The summed E-state index contributed by atoms with van der Waals surface area (Å²) < 4.78 is 25.3. The Morgan fingerprint density at radius 2 is 1.73 bits per heavy atom. The standard InChI is InChI=1S/C17H20FNO3/c1-3-21-16(22-4-2)17(20,13-9-6-5-7-10-13)14-11-8-12-19-15(14)18/h5-12,16,20H,3-4H2,1-2H3. The molecule has 0 bridgehead atoms. The van der Waals surface area contributed by atoms with E-state index in [2.05, 4.69) is 4.98 Å². The number of pyridine rings is 1. The van der Waals surface area contributed by atoms with Crippen molar-refractivity contribution in [2.75, 3.05) is 13.2 Å². The Labute approximate surface area is 129 Å². The third-order valence-electron chi connectivity index (χ3n) is 3.36. The molecule has 0 fully saturated rings. The molecule has 22 heavy (non-hydrogen) atoms. The second-order valence-corrected chi connectivity index (χ2v) is 4.72. The minimum Gasteiger partial charge on any atom is -0.375 e. The molecule has 1 aromatic carbocycles. The second kappa shape index (κ2) is 7.45. The SMILES string of the molecule is CCOC(OCC)C(O)(c1ccccc1)c1cccnc1F. The summed E-state index contributed by atoms with van der Waals surface area (Å²) in [5, 5.41) is 11.3. The lowest BCUT2D eigenvalue weighted by molar-refractivity contribution is -0.225. The van der Waals surface area contributed by atoms with Crippen LogP contribution in [0.5, 0.6) is 0 Å². The van der Waals surface area contributed by atoms with E-state index >= 15 is 0 Å². The topological polar surface area (TPSA) is 51.6 Å². The van der Waals surface area contributed by atoms with Crippen LogP contribution in [0.1, 0.15) is 25.0 Å². The molecule has 4 nitrogen and oxygen atoms in total. The van der Waals surface area contributed by atoms with E-state index in [0.717, 1.165) is 0 Å². The van der Waals surface area contributed by atoms with E-state index in [9.17, 15) is 9.50 Å². The minimum atomic E-state index is -1.79. The highest BCUT2D eigenvalue weighted by Gasteiger charge is 2.44. The zero-order chi connectivity index (χ0) is 16.0. The van der Waals surface area contributed by atoms with E-state index in [1.165, 1.54) is 12.3 Å². The van der Waals surface area contributed by atoms with Gasteiger partial charge in [-0.05, 0) is 31.5 Å². The molecule has 2 aromatic rings. The van der Waals surface area contributed by atoms with Gasteiger partial charge in [0, 0.05) is 25.0 Å². The highest BCUT2D eigenvalue weighted by molar-refractivity contribution is 5.36. The lowest BCUT2D eigenvalue weighted by Crippen LogP contribution is -2.45. The van der Waals surface area contributed by atoms with Crippen molar-refractivity contribution in [2.45, 2.75) is 25.7 Å². The molecule has 1 aromatic heterocycles. The first-order valence-corrected chi connectivity index (χ1v) is 7.26. The summed E-state index contributed by atoms with van der Waals surface area (Å²) in [5.41, 5.74) is -1.28. The number of rotatable bonds is 7. The smallest absolute Gasteiger partial charge is 0.219 e. The summed E-state index contributed by atoms with van der Waals surface area (Å²) in [5.74, 6) is -0.752. The molecule has 2 rings (SSSR count). The Morgan fingerprint density at radius 3 is 2.27 bits per heavy atom. The summed E-state index contributed by atoms with van der Waals surface area (Å²) >= 11 is 0. The zero-order valence-corrected chi connectivity index (χ0v) is 12.7. The molecular weight excluding hydrogens is 285 g/mol. The van der Waals surface area contributed by atoms with Gasteiger partial charge in [0.25, 0.3) is 0 Å². The Bertz CT molecular complexity index is 587. The molecule has 0 aliphatic heterocycles. The van der Waals surface area contributed by atoms with Crippen LogP contribution < -0.4 is 0 Å². The third kappa shape index (κ3) is 3.16. The van der Waals surface area contributed by atoms with Gasteiger partial charge >= 0.3 is 0 Å². The van der Waals surface area contributed by atoms with E-state index in [0.29, 0.717) is 18.8 Å². The molecular formula is C17H20FNO3. The second-order valence-electron chi connectivity index (χ2n) is 4.72. The van der Waals surface area contributed by atoms with Gasteiger partial charge in [-0.25, -0.2) is 4.98 Å². The van der Waals surface area contributed by atoms with Crippen molar-refractivity contribution < 1.29 is 19.0 Å². The fourth-order valence-electron chi connectivity index (χ4n) is 2.37. The number of benzene rings is 1. The lowest BCUT2D eigenvalue weighted by atomic mass is 9.86. The maximum absolute atomic E-state index is 14.2. The minimum absolute atomic E-state index is 0.0214. The maximum atomic E-state index is 14.2. The molecule has 0 aliphatic carbocycles. The highest BCUT2D eigenvalue weighted by Crippen LogP contribution is 2.36. The van der Waals surface area contributed by atoms with Crippen LogP contribution >= 0.6 is 0 Å². The quantitative estimate of drug-likeness (QED) is 0.631. The normalized spacial score (nSPS) is 14.0. The molecule has 0 saturated carbocycles. The van der Waals surface area contributed by atoms with Crippen molar-refractivity contribution >= 4 is 0 Å². The summed E-state index contributed by atoms with van der Waals surface area (Å²) in [6.45, 7) is 4.22. The molecule has 118 valence electrons. The maximum Gasteiger partial charge on any atom is 0.219 e. The first-order chi connectivity index (χ1) is 10.6. The predicted octanol–water partition coefficient (Wildman–Crippen LogP) is 2.86. The molecule has 0 aliphatic rings. The average Bonchev–Trinajstić information content (AvgIpc) is 2.55. The van der Waals surface area contributed by atoms with Crippen LogP contribution in [-0.2, 0) is 15.1 Å². The van der Waals surface area contributed by atoms with Gasteiger partial charge in [0.15, 0.2) is 11.9 Å². The Hall–Kier alpha value is -1.82. The first kappa shape index (κ1) is 16.5. The molecule has 0 radical (unpaired) electrons. The van der Waals surface area contributed by atoms with Crippen molar-refractivity contribution in [3.63, 3.8) is 0 Å². The highest BCUT2D eigenvalue weighted by atomic mass is 19.1. The van der Waals surface area contributed by atoms with E-state index in [4.69, 9.17) is 9.47 Å². The van der Waals surface area contributed by atoms with Crippen molar-refractivity contribution in [1.29, 1.82) is 0 Å². The number of hydrogen-bond acceptors (Lipinski definition) is 4. The average molecular weight is 305 g/mol. The van der Waals surface area contributed by atoms with Crippen LogP contribution in [0.15, 0.2) is 48.7 Å². The van der Waals surface area contributed by atoms with Crippen LogP contribution in [0.2, 0.25) is 0 Å². The summed E-state index contributed by atoms with van der Waals surface area (Å²) in [7, 11) is 0. The Balaban J connectivity index is 2.60. The molecule has 0 spiro atoms. The number of ether oxygens (including phenoxy) is 2. The van der Waals surface area contributed by atoms with E-state index in [-0.39, 0.29) is 5.56 Å². The monoisotopic (exact) mass is 305 g/mol. The number of halogens is 1. The van der Waals surface area contributed by atoms with Gasteiger partial charge in [0.2, 0.25) is 5.95 Å². The van der Waals surface area contributed by atoms with Gasteiger partial charge in [-0.2, -0.15) is 4.39 Å². The summed E-state index contributed by atoms with van der Waals surface area (Å²) in [6.07, 6.45) is 0.296. The van der Waals surface area contributed by atoms with Crippen molar-refractivity contribution in [1.82, 2.24) is 4.98 Å². The molecule has 1 atom stereocenters. The molecule has 1 heterocycles. The molecule has 0 saturated heterocycles. The summed E-state index contributed by atoms with van der Waals surface area (Å²) in [4.78, 5) is 3.64. The summed E-state index contributed by atoms with van der Waals surface area (Å²) in [6, 6.07) is 11.8. The lowest BCUT2D eigenvalue weighted by Gasteiger charge is -2.36. The zero-order valence-electron chi connectivity index (χ0n) is 12.7. The van der Waals surface area contributed by atoms with Gasteiger partial charge in [0.1, 0.15) is 0 Å². The fraction of sp³-hybridized carbons (Fsp3) is 0.353. The van der Waals surface area contributed by atoms with Gasteiger partial charge < -0.3 is 14.6 Å². The van der Waals surface area contributed by atoms with Crippen molar-refractivity contribution in [3.8, 4) is 0 Å². The van der Waals surface area contributed by atoms with Crippen molar-refractivity contribution in [3.05, 3.63) is 65.7 Å². The van der Waals surface area contributed by atoms with Gasteiger partial charge in [0.05, 0.1) is 0 Å². The fourth-order valence-corrected chi connectivity index (χ4v) is 2.37. The van der Waals surface area contributed by atoms with Gasteiger partial charge in [-0.15, -0.1) is 0 Å². The Kier molecular flexibility index (Phi) is 5.60. The van der Waals surface area contributed by atoms with Gasteiger partial charge in [-0.1, -0.05) is 30.3 Å². The van der Waals surface area contributed by atoms with Crippen molar-refractivity contribution in [2.24, 2.45) is 0 Å². The molecule has 1 unspecified atom stereocenters. The molecule has 1 N–H and O–H groups in total. The predicted molar refractivity (Wildman–Crippen MR) is 80.7 cm³/mol. The first-order valence-electron chi connectivity index (χ1n) is 7.26. The van der Waals surface area contributed by atoms with E-state index in [1.807, 2.05) is 6.07 Å². The number of nitrogens with zero attached hydrogens (tertiary/aromatic N) is 1. The van der Waals surface area contributed by atoms with Crippen LogP contribution in [0.3, 0.4) is 0 Å². The van der Waals surface area contributed by atoms with E-state index < -0.39 is 17.8 Å². The number of hydrogen-bond donors (Lipinski definition) is 1. The van der Waals surface area contributed by atoms with Crippen LogP contribution in [0.25, 0.3) is 0 Å². The van der Waals surface area contributed by atoms with Gasteiger partial charge in [-0.3, -0.25) is 0 Å². The molecule has 5 heteroatoms. The van der Waals surface area contributed by atoms with Crippen LogP contribution in [0.4, 0.5) is 4.39 Å². The number of aliphatic hydroxyl groups is 1.